The summed E-state index contributed by atoms with van der Waals surface area (Å²) in [7, 11) is 0. The van der Waals surface area contributed by atoms with Gasteiger partial charge in [-0.25, -0.2) is 14.0 Å². The minimum absolute atomic E-state index is 0.0400. The van der Waals surface area contributed by atoms with E-state index in [2.05, 4.69) is 17.6 Å². The minimum atomic E-state index is -1.20. The summed E-state index contributed by atoms with van der Waals surface area (Å²) in [6.07, 6.45) is 21.5. The SMILES string of the molecule is CCCCCCCCCCCCCCCCNC(=O)[C@H]1CCCC[C@H]1C(=O)O.O=C(O)Cc1ccc(F)cc1Cl.O=C1CC(C(=O)O)NC(=O)N1. The molecule has 3 atom stereocenters. The molecule has 3 rings (SSSR count). The summed E-state index contributed by atoms with van der Waals surface area (Å²) in [5.41, 5.74) is 0.422. The molecule has 1 saturated carbocycles. The molecule has 2 fully saturated rings. The quantitative estimate of drug-likeness (QED) is 0.0745. The first kappa shape index (κ1) is 45.3. The van der Waals surface area contributed by atoms with Crippen LogP contribution in [0, 0.1) is 17.7 Å². The van der Waals surface area contributed by atoms with Gasteiger partial charge in [0.25, 0.3) is 0 Å². The lowest BCUT2D eigenvalue weighted by atomic mass is 9.78. The van der Waals surface area contributed by atoms with E-state index in [1.807, 2.05) is 5.32 Å². The highest BCUT2D eigenvalue weighted by Gasteiger charge is 2.35. The Bertz CT molecular complexity index is 1230. The molecule has 51 heavy (non-hydrogen) atoms. The second-order valence-corrected chi connectivity index (χ2v) is 13.6. The van der Waals surface area contributed by atoms with E-state index in [0.29, 0.717) is 18.5 Å². The third-order valence-corrected chi connectivity index (χ3v) is 9.20. The average Bonchev–Trinajstić information content (AvgIpc) is 3.07. The number of imide groups is 1. The molecule has 1 aromatic carbocycles. The molecular formula is C37H57ClFN3O9. The van der Waals surface area contributed by atoms with Crippen LogP contribution in [0.4, 0.5) is 9.18 Å². The standard InChI is InChI=1S/C24H45NO3.C8H6ClFO2.C5H6N2O4/c1-2-3-4-5-6-7-8-9-10-11-12-13-14-17-20-25-23(26)21-18-15-16-19-22(21)24(27)28;9-7-4-6(10)2-1-5(7)3-8(11)12;8-3-1-2(4(9)10)6-5(11)7-3/h21-22H,2-20H2,1H3,(H,25,26)(H,27,28);1-2,4H,3H2,(H,11,12);2H,1H2,(H,9,10)(H2,6,7,8,11)/t21-,22+;;/m0../s1. The van der Waals surface area contributed by atoms with Crippen molar-refractivity contribution < 1.29 is 48.5 Å². The highest BCUT2D eigenvalue weighted by Crippen LogP contribution is 2.30. The summed E-state index contributed by atoms with van der Waals surface area (Å²) < 4.78 is 12.5. The van der Waals surface area contributed by atoms with Crippen LogP contribution in [0.15, 0.2) is 18.2 Å². The lowest BCUT2D eigenvalue weighted by molar-refractivity contribution is -0.148. The predicted molar refractivity (Wildman–Crippen MR) is 192 cm³/mol. The molecule has 1 aliphatic heterocycles. The zero-order valence-electron chi connectivity index (χ0n) is 29.9. The highest BCUT2D eigenvalue weighted by molar-refractivity contribution is 6.31. The van der Waals surface area contributed by atoms with Gasteiger partial charge in [0, 0.05) is 11.6 Å². The van der Waals surface area contributed by atoms with Gasteiger partial charge in [0.1, 0.15) is 11.9 Å². The molecule has 4 amide bonds. The van der Waals surface area contributed by atoms with Gasteiger partial charge in [-0.05, 0) is 37.0 Å². The van der Waals surface area contributed by atoms with Crippen LogP contribution >= 0.6 is 11.6 Å². The Morgan fingerprint density at radius 3 is 1.80 bits per heavy atom. The van der Waals surface area contributed by atoms with Gasteiger partial charge in [-0.1, -0.05) is 121 Å². The molecule has 2 aliphatic rings. The summed E-state index contributed by atoms with van der Waals surface area (Å²) in [6.45, 7) is 2.96. The monoisotopic (exact) mass is 741 g/mol. The number of nitrogens with one attached hydrogen (secondary N) is 3. The maximum Gasteiger partial charge on any atom is 0.326 e. The molecule has 0 spiro atoms. The summed E-state index contributed by atoms with van der Waals surface area (Å²) in [6, 6.07) is 1.81. The van der Waals surface area contributed by atoms with Crippen LogP contribution < -0.4 is 16.0 Å². The molecule has 0 aromatic heterocycles. The van der Waals surface area contributed by atoms with Crippen molar-refractivity contribution in [2.75, 3.05) is 6.54 Å². The Morgan fingerprint density at radius 2 is 1.33 bits per heavy atom. The van der Waals surface area contributed by atoms with Crippen molar-refractivity contribution >= 4 is 47.4 Å². The number of carboxylic acid groups (broad SMARTS) is 3. The summed E-state index contributed by atoms with van der Waals surface area (Å²) >= 11 is 5.57. The second kappa shape index (κ2) is 27.0. The lowest BCUT2D eigenvalue weighted by Crippen LogP contribution is -2.55. The van der Waals surface area contributed by atoms with E-state index < -0.39 is 47.6 Å². The highest BCUT2D eigenvalue weighted by atomic mass is 35.5. The third-order valence-electron chi connectivity index (χ3n) is 8.85. The van der Waals surface area contributed by atoms with Gasteiger partial charge < -0.3 is 26.0 Å². The first-order valence-electron chi connectivity index (χ1n) is 18.3. The number of carbonyl (C=O) groups excluding carboxylic acids is 3. The Labute approximate surface area is 305 Å². The molecule has 12 nitrogen and oxygen atoms in total. The Kier molecular flexibility index (Phi) is 24.0. The van der Waals surface area contributed by atoms with Crippen LogP contribution in [-0.2, 0) is 30.4 Å². The molecular weight excluding hydrogens is 685 g/mol. The van der Waals surface area contributed by atoms with E-state index in [0.717, 1.165) is 38.2 Å². The zero-order chi connectivity index (χ0) is 38.0. The topological polar surface area (TPSA) is 199 Å². The smallest absolute Gasteiger partial charge is 0.326 e. The van der Waals surface area contributed by atoms with E-state index in [1.165, 1.54) is 89.2 Å². The van der Waals surface area contributed by atoms with Crippen molar-refractivity contribution in [3.05, 3.63) is 34.6 Å². The van der Waals surface area contributed by atoms with Crippen molar-refractivity contribution in [1.29, 1.82) is 0 Å². The maximum absolute atomic E-state index is 12.5. The van der Waals surface area contributed by atoms with Crippen molar-refractivity contribution in [1.82, 2.24) is 16.0 Å². The van der Waals surface area contributed by atoms with Crippen molar-refractivity contribution in [2.45, 2.75) is 141 Å². The van der Waals surface area contributed by atoms with Gasteiger partial charge in [-0.2, -0.15) is 0 Å². The molecule has 1 aliphatic carbocycles. The maximum atomic E-state index is 12.5. The normalized spacial score (nSPS) is 18.1. The number of carbonyl (C=O) groups is 6. The molecule has 1 saturated heterocycles. The number of halogens is 2. The molecule has 1 aromatic rings. The molecule has 0 radical (unpaired) electrons. The largest absolute Gasteiger partial charge is 0.481 e. The number of urea groups is 1. The molecule has 6 N–H and O–H groups in total. The van der Waals surface area contributed by atoms with E-state index in [-0.39, 0.29) is 29.7 Å². The van der Waals surface area contributed by atoms with E-state index >= 15 is 0 Å². The number of hydrogen-bond donors (Lipinski definition) is 6. The van der Waals surface area contributed by atoms with Gasteiger partial charge in [0.2, 0.25) is 11.8 Å². The van der Waals surface area contributed by atoms with Gasteiger partial charge in [-0.3, -0.25) is 24.5 Å². The second-order valence-electron chi connectivity index (χ2n) is 13.1. The molecule has 288 valence electrons. The number of carboxylic acids is 3. The number of unbranched alkanes of at least 4 members (excludes halogenated alkanes) is 13. The summed E-state index contributed by atoms with van der Waals surface area (Å²) in [5.74, 6) is -4.87. The van der Waals surface area contributed by atoms with Crippen LogP contribution in [0.2, 0.25) is 5.02 Å². The first-order chi connectivity index (χ1) is 24.3. The molecule has 1 unspecified atom stereocenters. The van der Waals surface area contributed by atoms with E-state index in [1.54, 1.807) is 0 Å². The van der Waals surface area contributed by atoms with E-state index in [9.17, 15) is 38.3 Å². The average molecular weight is 742 g/mol. The lowest BCUT2D eigenvalue weighted by Gasteiger charge is -2.27. The van der Waals surface area contributed by atoms with Crippen LogP contribution in [-0.4, -0.2) is 63.7 Å². The Hall–Kier alpha value is -3.74. The van der Waals surface area contributed by atoms with Gasteiger partial charge in [0.05, 0.1) is 24.7 Å². The summed E-state index contributed by atoms with van der Waals surface area (Å²) in [4.78, 5) is 65.1. The van der Waals surface area contributed by atoms with Crippen LogP contribution in [0.1, 0.15) is 134 Å². The Morgan fingerprint density at radius 1 is 0.804 bits per heavy atom. The number of benzene rings is 1. The third kappa shape index (κ3) is 21.3. The van der Waals surface area contributed by atoms with Crippen LogP contribution in [0.3, 0.4) is 0 Å². The van der Waals surface area contributed by atoms with Crippen molar-refractivity contribution in [3.63, 3.8) is 0 Å². The van der Waals surface area contributed by atoms with Crippen LogP contribution in [0.25, 0.3) is 0 Å². The molecule has 14 heteroatoms. The fourth-order valence-corrected chi connectivity index (χ4v) is 6.22. The predicted octanol–water partition coefficient (Wildman–Crippen LogP) is 7.25. The fourth-order valence-electron chi connectivity index (χ4n) is 5.99. The Balaban J connectivity index is 0.000000459. The minimum Gasteiger partial charge on any atom is -0.481 e. The van der Waals surface area contributed by atoms with Gasteiger partial charge in [-0.15, -0.1) is 0 Å². The number of hydrogen-bond acceptors (Lipinski definition) is 6. The summed E-state index contributed by atoms with van der Waals surface area (Å²) in [5, 5.41) is 33.2. The van der Waals surface area contributed by atoms with Crippen LogP contribution in [0.5, 0.6) is 0 Å². The zero-order valence-corrected chi connectivity index (χ0v) is 30.6. The fraction of sp³-hybridized carbons (Fsp3) is 0.676. The number of aliphatic carboxylic acids is 3. The molecule has 1 heterocycles. The van der Waals surface area contributed by atoms with Gasteiger partial charge >= 0.3 is 23.9 Å². The van der Waals surface area contributed by atoms with Crippen molar-refractivity contribution in [2.24, 2.45) is 11.8 Å². The first-order valence-corrected chi connectivity index (χ1v) is 18.7. The van der Waals surface area contributed by atoms with Gasteiger partial charge in [0.15, 0.2) is 0 Å². The molecule has 0 bridgehead atoms. The van der Waals surface area contributed by atoms with Crippen molar-refractivity contribution in [3.8, 4) is 0 Å². The number of rotatable bonds is 20. The van der Waals surface area contributed by atoms with E-state index in [4.69, 9.17) is 21.8 Å². The number of amides is 4.